The molecule has 0 aromatic heterocycles. The summed E-state index contributed by atoms with van der Waals surface area (Å²) in [5, 5.41) is 54.5. The van der Waals surface area contributed by atoms with E-state index in [2.05, 4.69) is 10.6 Å². The fourth-order valence-electron chi connectivity index (χ4n) is 2.99. The molecule has 0 bridgehead atoms. The van der Waals surface area contributed by atoms with Gasteiger partial charge in [-0.05, 0) is 40.5 Å². The zero-order chi connectivity index (χ0) is 35.3. The van der Waals surface area contributed by atoms with Crippen LogP contribution in [0.1, 0.15) is 82.1 Å². The minimum atomic E-state index is -0.833. The van der Waals surface area contributed by atoms with Crippen molar-refractivity contribution >= 4 is 35.8 Å². The van der Waals surface area contributed by atoms with E-state index in [1.807, 2.05) is 27.7 Å². The van der Waals surface area contributed by atoms with Crippen molar-refractivity contribution < 1.29 is 59.5 Å². The summed E-state index contributed by atoms with van der Waals surface area (Å²) in [4.78, 5) is 56.0. The van der Waals surface area contributed by atoms with E-state index in [4.69, 9.17) is 61.0 Å². The number of carboxylic acids is 5. The second kappa shape index (κ2) is 30.6. The van der Waals surface area contributed by atoms with E-state index in [0.717, 1.165) is 60.5 Å². The molecule has 1 heterocycles. The Kier molecular flexibility index (Phi) is 37.4. The molecule has 0 atom stereocenters. The third kappa shape index (κ3) is 65.6. The van der Waals surface area contributed by atoms with E-state index in [9.17, 15) is 10.0 Å². The molecule has 17 heteroatoms. The Labute approximate surface area is 248 Å². The molecule has 1 amide bonds. The van der Waals surface area contributed by atoms with Crippen molar-refractivity contribution in [2.24, 2.45) is 11.5 Å². The Balaban J connectivity index is -0.000000101. The van der Waals surface area contributed by atoms with Gasteiger partial charge in [0, 0.05) is 84.8 Å². The maximum absolute atomic E-state index is 11.0. The van der Waals surface area contributed by atoms with Crippen LogP contribution in [0.4, 0.5) is 0 Å². The van der Waals surface area contributed by atoms with Gasteiger partial charge < -0.3 is 52.8 Å². The first-order valence-corrected chi connectivity index (χ1v) is 12.6. The lowest BCUT2D eigenvalue weighted by Crippen LogP contribution is -2.62. The molecule has 1 rings (SSSR count). The first-order valence-electron chi connectivity index (χ1n) is 12.6. The van der Waals surface area contributed by atoms with Crippen LogP contribution in [0.2, 0.25) is 0 Å². The van der Waals surface area contributed by atoms with Crippen LogP contribution in [0, 0.1) is 0 Å². The maximum atomic E-state index is 11.0. The molecule has 0 saturated carbocycles. The lowest BCUT2D eigenvalue weighted by Gasteiger charge is -2.51. The third-order valence-electron chi connectivity index (χ3n) is 3.69. The molecule has 0 aliphatic carbocycles. The molecule has 1 fully saturated rings. The van der Waals surface area contributed by atoms with Crippen LogP contribution in [-0.2, 0) is 28.8 Å². The lowest BCUT2D eigenvalue weighted by atomic mass is 9.79. The quantitative estimate of drug-likeness (QED) is 0.187. The summed E-state index contributed by atoms with van der Waals surface area (Å²) in [6.07, 6.45) is 1.54. The van der Waals surface area contributed by atoms with E-state index < -0.39 is 29.8 Å². The van der Waals surface area contributed by atoms with Crippen molar-refractivity contribution in [1.29, 1.82) is 0 Å². The number of rotatable bonds is 5. The van der Waals surface area contributed by atoms with Gasteiger partial charge in [0.25, 0.3) is 29.8 Å². The van der Waals surface area contributed by atoms with E-state index >= 15 is 0 Å². The third-order valence-corrected chi connectivity index (χ3v) is 3.69. The Bertz CT molecular complexity index is 650. The van der Waals surface area contributed by atoms with Gasteiger partial charge in [-0.25, -0.2) is 0 Å². The van der Waals surface area contributed by atoms with Gasteiger partial charge >= 0.3 is 0 Å². The highest BCUT2D eigenvalue weighted by molar-refractivity contribution is 5.73. The summed E-state index contributed by atoms with van der Waals surface area (Å²) in [5.74, 6) is -4.17. The Hall–Kier alpha value is -3.38. The second-order valence-corrected chi connectivity index (χ2v) is 9.66. The summed E-state index contributed by atoms with van der Waals surface area (Å²) < 4.78 is 0. The number of hydrogen-bond donors (Lipinski definition) is 10. The summed E-state index contributed by atoms with van der Waals surface area (Å²) in [6.45, 7) is 18.0. The average molecular weight is 618 g/mol. The number of hydrogen-bond acceptors (Lipinski definition) is 11. The largest absolute Gasteiger partial charge is 0.481 e. The molecule has 12 N–H and O–H groups in total. The molecular weight excluding hydrogens is 562 g/mol. The van der Waals surface area contributed by atoms with E-state index in [0.29, 0.717) is 13.1 Å². The number of amides is 1. The van der Waals surface area contributed by atoms with E-state index in [-0.39, 0.29) is 23.0 Å². The lowest BCUT2D eigenvalue weighted by molar-refractivity contribution is -0.246. The van der Waals surface area contributed by atoms with Gasteiger partial charge in [0.1, 0.15) is 0 Å². The fraction of sp³-hybridized carbons (Fsp3) is 0.760. The number of nitrogens with two attached hydrogens (primary N) is 2. The monoisotopic (exact) mass is 617 g/mol. The Morgan fingerprint density at radius 1 is 0.643 bits per heavy atom. The predicted octanol–water partition coefficient (Wildman–Crippen LogP) is 0.481. The van der Waals surface area contributed by atoms with Gasteiger partial charge in [-0.1, -0.05) is 0 Å². The number of carboxylic acid groups (broad SMARTS) is 5. The SMILES string of the molecule is CC(=O)NC1CC(C)(C)N(O)C(C)(C)C1.CC(=O)O.CC(=O)O.CC(=O)O.CC(=O)O.CC(=O)O.NCCNCCN. The highest BCUT2D eigenvalue weighted by Gasteiger charge is 2.45. The van der Waals surface area contributed by atoms with E-state index in [1.54, 1.807) is 0 Å². The van der Waals surface area contributed by atoms with Crippen molar-refractivity contribution in [2.45, 2.75) is 99.2 Å². The minimum Gasteiger partial charge on any atom is -0.481 e. The molecule has 42 heavy (non-hydrogen) atoms. The zero-order valence-corrected chi connectivity index (χ0v) is 26.6. The number of piperidine rings is 1. The highest BCUT2D eigenvalue weighted by Crippen LogP contribution is 2.36. The Morgan fingerprint density at radius 3 is 1.02 bits per heavy atom. The molecule has 0 radical (unpaired) electrons. The van der Waals surface area contributed by atoms with Gasteiger partial charge in [0.15, 0.2) is 0 Å². The van der Waals surface area contributed by atoms with Crippen LogP contribution in [0.3, 0.4) is 0 Å². The summed E-state index contributed by atoms with van der Waals surface area (Å²) in [5.41, 5.74) is 9.74. The molecule has 0 unspecified atom stereocenters. The van der Waals surface area contributed by atoms with Gasteiger partial charge in [0.05, 0.1) is 0 Å². The molecule has 0 aromatic carbocycles. The van der Waals surface area contributed by atoms with Gasteiger partial charge in [-0.2, -0.15) is 5.06 Å². The number of carbonyl (C=O) groups is 6. The van der Waals surface area contributed by atoms with Gasteiger partial charge in [-0.3, -0.25) is 28.8 Å². The molecule has 1 aliphatic heterocycles. The molecule has 252 valence electrons. The maximum Gasteiger partial charge on any atom is 0.300 e. The second-order valence-electron chi connectivity index (χ2n) is 9.66. The number of nitrogens with one attached hydrogen (secondary N) is 2. The Morgan fingerprint density at radius 2 is 0.857 bits per heavy atom. The van der Waals surface area contributed by atoms with Crippen LogP contribution in [-0.4, -0.2) is 115 Å². The highest BCUT2D eigenvalue weighted by atomic mass is 16.5. The van der Waals surface area contributed by atoms with Crippen molar-refractivity contribution in [3.05, 3.63) is 0 Å². The van der Waals surface area contributed by atoms with Crippen LogP contribution >= 0.6 is 0 Å². The van der Waals surface area contributed by atoms with Gasteiger partial charge in [-0.15, -0.1) is 0 Å². The van der Waals surface area contributed by atoms with Crippen LogP contribution in [0.15, 0.2) is 0 Å². The molecule has 1 saturated heterocycles. The van der Waals surface area contributed by atoms with Crippen LogP contribution in [0.25, 0.3) is 0 Å². The number of aliphatic carboxylic acids is 5. The smallest absolute Gasteiger partial charge is 0.300 e. The number of nitrogens with zero attached hydrogens (tertiary/aromatic N) is 1. The summed E-state index contributed by atoms with van der Waals surface area (Å²) in [6, 6.07) is 0.149. The summed E-state index contributed by atoms with van der Waals surface area (Å²) in [7, 11) is 0. The van der Waals surface area contributed by atoms with Crippen LogP contribution < -0.4 is 22.1 Å². The fourth-order valence-corrected chi connectivity index (χ4v) is 2.99. The predicted molar refractivity (Wildman–Crippen MR) is 156 cm³/mol. The molecule has 0 spiro atoms. The van der Waals surface area contributed by atoms with Crippen LogP contribution in [0.5, 0.6) is 0 Å². The van der Waals surface area contributed by atoms with Crippen molar-refractivity contribution in [1.82, 2.24) is 15.7 Å². The van der Waals surface area contributed by atoms with Crippen molar-refractivity contribution in [3.8, 4) is 0 Å². The van der Waals surface area contributed by atoms with Gasteiger partial charge in [0.2, 0.25) is 5.91 Å². The van der Waals surface area contributed by atoms with Crippen molar-refractivity contribution in [3.63, 3.8) is 0 Å². The first kappa shape index (κ1) is 51.4. The zero-order valence-electron chi connectivity index (χ0n) is 26.6. The molecule has 17 nitrogen and oxygen atoms in total. The number of hydroxylamine groups is 2. The molecule has 1 aliphatic rings. The normalized spacial score (nSPS) is 13.9. The topological polar surface area (TPSA) is 303 Å². The standard InChI is InChI=1S/C11H22N2O2.C4H13N3.5C2H4O2/c1-8(14)12-9-6-10(2,3)13(15)11(4,5)7-9;5-1-3-7-4-2-6;5*1-2(3)4/h9,15H,6-7H2,1-5H3,(H,12,14);7H,1-6H2;5*1H3,(H,3,4). The van der Waals surface area contributed by atoms with E-state index in [1.165, 1.54) is 12.0 Å². The first-order chi connectivity index (χ1) is 18.7. The van der Waals surface area contributed by atoms with Crippen molar-refractivity contribution in [2.75, 3.05) is 26.2 Å². The number of carbonyl (C=O) groups excluding carboxylic acids is 1. The molecule has 0 aromatic rings. The average Bonchev–Trinajstić information content (AvgIpc) is 2.70. The summed E-state index contributed by atoms with van der Waals surface area (Å²) >= 11 is 0. The molecular formula is C25H55N5O12. The minimum absolute atomic E-state index is 0.00186.